The topological polar surface area (TPSA) is 168 Å². The van der Waals surface area contributed by atoms with Crippen molar-refractivity contribution in [2.24, 2.45) is 11.5 Å². The molecule has 1 amide bonds. The maximum Gasteiger partial charge on any atom is 0.430 e. The molecule has 15 heteroatoms. The molecule has 7 N–H and O–H groups in total. The van der Waals surface area contributed by atoms with E-state index in [0.717, 1.165) is 61.1 Å². The first-order valence-electron chi connectivity index (χ1n) is 14.7. The highest BCUT2D eigenvalue weighted by Crippen LogP contribution is 2.11. The fourth-order valence-corrected chi connectivity index (χ4v) is 2.92. The van der Waals surface area contributed by atoms with Gasteiger partial charge >= 0.3 is 6.18 Å². The van der Waals surface area contributed by atoms with Gasteiger partial charge in [-0.1, -0.05) is 13.8 Å². The number of carbonyl (C=O) groups excluding carboxylic acids is 2. The van der Waals surface area contributed by atoms with Crippen LogP contribution in [0.4, 0.5) is 18.0 Å². The van der Waals surface area contributed by atoms with Crippen LogP contribution < -0.4 is 37.1 Å². The minimum Gasteiger partial charge on any atom is -0.542 e. The van der Waals surface area contributed by atoms with E-state index in [1.807, 2.05) is 0 Å². The van der Waals surface area contributed by atoms with Gasteiger partial charge in [-0.05, 0) is 96.9 Å². The highest BCUT2D eigenvalue weighted by atomic mass is 35.5. The second-order valence-corrected chi connectivity index (χ2v) is 10.9. The van der Waals surface area contributed by atoms with Gasteiger partial charge in [0, 0.05) is 6.54 Å². The van der Waals surface area contributed by atoms with Crippen molar-refractivity contribution >= 4 is 23.8 Å². The minimum atomic E-state index is -5.19. The Morgan fingerprint density at radius 3 is 1.26 bits per heavy atom. The Morgan fingerprint density at radius 1 is 0.738 bits per heavy atom. The van der Waals surface area contributed by atoms with E-state index in [2.05, 4.69) is 77.1 Å². The molecular weight excluding hydrogens is 579 g/mol. The molecule has 0 aromatic heterocycles. The average Bonchev–Trinajstić information content (AvgIpc) is 2.87. The lowest BCUT2D eigenvalue weighted by Gasteiger charge is -2.27. The SMILES string of the molecule is CCC[N+](C)(C)CC.CCC[N+](C)(C)CC.NC(=O)[O-].NCCCNCCCCNCCCNCl.O=C([O-])C(F)(F)F. The number of halogens is 4. The molecule has 0 aromatic carbocycles. The predicted molar refractivity (Wildman–Crippen MR) is 163 cm³/mol. The summed E-state index contributed by atoms with van der Waals surface area (Å²) in [5, 5.41) is 24.2. The van der Waals surface area contributed by atoms with E-state index in [9.17, 15) is 13.2 Å². The summed E-state index contributed by atoms with van der Waals surface area (Å²) in [7, 11) is 9.07. The molecule has 0 bridgehead atoms. The molecular formula is C27H63ClF3N7O4. The Balaban J connectivity index is -0.000000146. The van der Waals surface area contributed by atoms with Crippen molar-refractivity contribution in [2.45, 2.75) is 72.4 Å². The first-order chi connectivity index (χ1) is 19.3. The van der Waals surface area contributed by atoms with Crippen LogP contribution in [0.3, 0.4) is 0 Å². The number of carboxylic acids is 1. The number of quaternary nitrogens is 2. The van der Waals surface area contributed by atoms with Crippen LogP contribution in [0, 0.1) is 0 Å². The van der Waals surface area contributed by atoms with Crippen LogP contribution in [0.15, 0.2) is 0 Å². The number of hydrogen-bond donors (Lipinski definition) is 5. The van der Waals surface area contributed by atoms with Crippen molar-refractivity contribution in [3.05, 3.63) is 0 Å². The third kappa shape index (κ3) is 58.3. The summed E-state index contributed by atoms with van der Waals surface area (Å²) in [5.41, 5.74) is 9.30. The summed E-state index contributed by atoms with van der Waals surface area (Å²) in [6.07, 6.45) is 0.416. The van der Waals surface area contributed by atoms with E-state index in [0.29, 0.717) is 0 Å². The number of nitrogens with two attached hydrogens (primary N) is 2. The number of carbonyl (C=O) groups is 2. The molecule has 0 atom stereocenters. The molecule has 0 fully saturated rings. The standard InChI is InChI=1S/C10H25ClN4.2C7H18N.C2HF3O2.CH3NO2/c11-15-10-4-9-14-7-2-1-6-13-8-3-5-12;2*1-5-7-8(3,4)6-2;3-2(4,5)1(6)7;2-1(3)4/h13-15H,1-10,12H2;2*5-7H2,1-4H3;(H,6,7);2H2,(H,3,4)/q;2*+1;;/p-2. The Kier molecular flexibility index (Phi) is 40.7. The number of unbranched alkanes of at least 4 members (excludes halogenated alkanes) is 1. The second kappa shape index (κ2) is 34.1. The summed E-state index contributed by atoms with van der Waals surface area (Å²) in [4.78, 5) is 20.1. The number of rotatable bonds is 18. The Morgan fingerprint density at radius 2 is 1.05 bits per heavy atom. The van der Waals surface area contributed by atoms with Gasteiger partial charge in [0.2, 0.25) is 0 Å². The van der Waals surface area contributed by atoms with Gasteiger partial charge in [0.05, 0.1) is 54.4 Å². The zero-order valence-corrected chi connectivity index (χ0v) is 28.3. The lowest BCUT2D eigenvalue weighted by molar-refractivity contribution is -0.888. The van der Waals surface area contributed by atoms with Gasteiger partial charge < -0.3 is 50.9 Å². The Hall–Kier alpha value is -1.42. The third-order valence-corrected chi connectivity index (χ3v) is 5.93. The van der Waals surface area contributed by atoms with Crippen molar-refractivity contribution < 1.29 is 41.9 Å². The zero-order chi connectivity index (χ0) is 34.1. The molecule has 0 saturated carbocycles. The van der Waals surface area contributed by atoms with E-state index in [1.165, 1.54) is 51.9 Å². The molecule has 0 aromatic rings. The van der Waals surface area contributed by atoms with Crippen LogP contribution in [-0.4, -0.2) is 121 Å². The fourth-order valence-electron chi connectivity index (χ4n) is 2.78. The highest BCUT2D eigenvalue weighted by molar-refractivity contribution is 6.13. The molecule has 0 saturated heterocycles. The van der Waals surface area contributed by atoms with Gasteiger partial charge in [0.25, 0.3) is 0 Å². The van der Waals surface area contributed by atoms with Crippen molar-refractivity contribution in [1.82, 2.24) is 15.5 Å². The maximum atomic E-state index is 10.5. The van der Waals surface area contributed by atoms with Gasteiger partial charge in [0.1, 0.15) is 12.1 Å². The molecule has 0 aliphatic rings. The number of hydrogen-bond acceptors (Lipinski definition) is 8. The molecule has 0 spiro atoms. The van der Waals surface area contributed by atoms with Crippen molar-refractivity contribution in [1.29, 1.82) is 0 Å². The number of carboxylic acid groups (broad SMARTS) is 2. The smallest absolute Gasteiger partial charge is 0.430 e. The Bertz CT molecular complexity index is 556. The van der Waals surface area contributed by atoms with Crippen molar-refractivity contribution in [3.63, 3.8) is 0 Å². The predicted octanol–water partition coefficient (Wildman–Crippen LogP) is 1.00. The van der Waals surface area contributed by atoms with Gasteiger partial charge in [-0.25, -0.2) is 4.84 Å². The molecule has 11 nitrogen and oxygen atoms in total. The largest absolute Gasteiger partial charge is 0.542 e. The van der Waals surface area contributed by atoms with E-state index in [4.69, 9.17) is 37.3 Å². The zero-order valence-electron chi connectivity index (χ0n) is 27.5. The number of nitrogens with zero attached hydrogens (tertiary/aromatic N) is 2. The van der Waals surface area contributed by atoms with Crippen molar-refractivity contribution in [3.8, 4) is 0 Å². The second-order valence-electron chi connectivity index (χ2n) is 10.6. The number of primary amides is 1. The highest BCUT2D eigenvalue weighted by Gasteiger charge is 2.28. The molecule has 258 valence electrons. The Labute approximate surface area is 258 Å². The summed E-state index contributed by atoms with van der Waals surface area (Å²) in [5.74, 6) is -3.01. The van der Waals surface area contributed by atoms with Gasteiger partial charge in [-0.2, -0.15) is 13.2 Å². The van der Waals surface area contributed by atoms with E-state index >= 15 is 0 Å². The molecule has 0 aliphatic carbocycles. The summed E-state index contributed by atoms with van der Waals surface area (Å²) < 4.78 is 33.9. The van der Waals surface area contributed by atoms with Crippen LogP contribution in [0.2, 0.25) is 0 Å². The number of amides is 1. The van der Waals surface area contributed by atoms with Gasteiger partial charge in [-0.15, -0.1) is 0 Å². The molecule has 0 unspecified atom stereocenters. The number of aliphatic carboxylic acids is 1. The average molecular weight is 642 g/mol. The monoisotopic (exact) mass is 641 g/mol. The fraction of sp³-hybridized carbons (Fsp3) is 0.926. The number of nitrogens with one attached hydrogen (secondary N) is 3. The lowest BCUT2D eigenvalue weighted by atomic mass is 10.3. The lowest BCUT2D eigenvalue weighted by Crippen LogP contribution is -2.39. The molecule has 0 rings (SSSR count). The summed E-state index contributed by atoms with van der Waals surface area (Å²) in [6.45, 7) is 20.0. The van der Waals surface area contributed by atoms with E-state index in [-0.39, 0.29) is 0 Å². The van der Waals surface area contributed by atoms with Gasteiger partial charge in [0.15, 0.2) is 0 Å². The van der Waals surface area contributed by atoms with Crippen LogP contribution in [0.25, 0.3) is 0 Å². The first kappa shape index (κ1) is 50.2. The van der Waals surface area contributed by atoms with Crippen LogP contribution in [0.1, 0.15) is 66.2 Å². The van der Waals surface area contributed by atoms with Gasteiger partial charge in [-0.3, -0.25) is 0 Å². The normalized spacial score (nSPS) is 10.9. The molecule has 0 heterocycles. The quantitative estimate of drug-likeness (QED) is 0.0839. The summed E-state index contributed by atoms with van der Waals surface area (Å²) >= 11 is 5.33. The van der Waals surface area contributed by atoms with E-state index in [1.54, 1.807) is 0 Å². The van der Waals surface area contributed by atoms with Crippen LogP contribution >= 0.6 is 11.8 Å². The molecule has 0 radical (unpaired) electrons. The molecule has 0 aliphatic heterocycles. The van der Waals surface area contributed by atoms with E-state index < -0.39 is 18.2 Å². The van der Waals surface area contributed by atoms with Crippen LogP contribution in [-0.2, 0) is 4.79 Å². The first-order valence-corrected chi connectivity index (χ1v) is 15.0. The number of alkyl halides is 3. The summed E-state index contributed by atoms with van der Waals surface area (Å²) in [6, 6.07) is 0. The minimum absolute atomic E-state index is 0.781. The maximum absolute atomic E-state index is 10.5. The van der Waals surface area contributed by atoms with Crippen molar-refractivity contribution in [2.75, 3.05) is 93.6 Å². The third-order valence-electron chi connectivity index (χ3n) is 5.74. The van der Waals surface area contributed by atoms with Crippen LogP contribution in [0.5, 0.6) is 0 Å². The molecule has 42 heavy (non-hydrogen) atoms.